The fourth-order valence-electron chi connectivity index (χ4n) is 0.798. The van der Waals surface area contributed by atoms with Gasteiger partial charge in [-0.2, -0.15) is 0 Å². The number of halogens is 1. The molecule has 0 bridgehead atoms. The van der Waals surface area contributed by atoms with E-state index in [0.29, 0.717) is 5.56 Å². The van der Waals surface area contributed by atoms with Gasteiger partial charge in [0.15, 0.2) is 0 Å². The second-order valence-corrected chi connectivity index (χ2v) is 2.11. The van der Waals surface area contributed by atoms with Crippen LogP contribution in [0.4, 0.5) is 4.39 Å². The van der Waals surface area contributed by atoms with Crippen LogP contribution in [-0.2, 0) is 0 Å². The Morgan fingerprint density at radius 2 is 1.90 bits per heavy atom. The molecule has 2 heteroatoms. The summed E-state index contributed by atoms with van der Waals surface area (Å²) in [5, 5.41) is 0. The summed E-state index contributed by atoms with van der Waals surface area (Å²) in [6.07, 6.45) is -1.01. The van der Waals surface area contributed by atoms with Crippen molar-refractivity contribution < 1.29 is 4.39 Å². The van der Waals surface area contributed by atoms with Crippen molar-refractivity contribution in [3.8, 4) is 0 Å². The number of nitrogens with two attached hydrogens (primary N) is 1. The zero-order valence-corrected chi connectivity index (χ0v) is 5.63. The van der Waals surface area contributed by atoms with Crippen LogP contribution in [0.5, 0.6) is 0 Å². The lowest BCUT2D eigenvalue weighted by Crippen LogP contribution is -2.07. The van der Waals surface area contributed by atoms with E-state index in [0.717, 1.165) is 0 Å². The molecule has 0 spiro atoms. The fourth-order valence-corrected chi connectivity index (χ4v) is 0.798. The van der Waals surface area contributed by atoms with Crippen LogP contribution in [0.15, 0.2) is 30.3 Å². The Bertz CT molecular complexity index is 186. The van der Waals surface area contributed by atoms with Crippen LogP contribution in [0, 0.1) is 0 Å². The number of alkyl halides is 1. The average molecular weight is 139 g/mol. The monoisotopic (exact) mass is 139 g/mol. The maximum absolute atomic E-state index is 12.7. The van der Waals surface area contributed by atoms with Crippen molar-refractivity contribution in [1.29, 1.82) is 0 Å². The van der Waals surface area contributed by atoms with Crippen molar-refractivity contribution in [3.05, 3.63) is 35.9 Å². The summed E-state index contributed by atoms with van der Waals surface area (Å²) in [5.74, 6) is 0. The van der Waals surface area contributed by atoms with Crippen molar-refractivity contribution >= 4 is 0 Å². The number of rotatable bonds is 2. The Morgan fingerprint density at radius 1 is 1.30 bits per heavy atom. The molecule has 1 atom stereocenters. The lowest BCUT2D eigenvalue weighted by Gasteiger charge is -2.02. The third kappa shape index (κ3) is 1.54. The molecule has 1 rings (SSSR count). The van der Waals surface area contributed by atoms with E-state index in [4.69, 9.17) is 5.73 Å². The molecular formula is C8H10FN. The number of hydrogen-bond donors (Lipinski definition) is 1. The number of benzene rings is 1. The van der Waals surface area contributed by atoms with Gasteiger partial charge in [-0.1, -0.05) is 30.3 Å². The zero-order valence-electron chi connectivity index (χ0n) is 5.63. The van der Waals surface area contributed by atoms with Crippen molar-refractivity contribution in [2.24, 2.45) is 5.73 Å². The van der Waals surface area contributed by atoms with E-state index >= 15 is 0 Å². The Kier molecular flexibility index (Phi) is 2.40. The molecule has 10 heavy (non-hydrogen) atoms. The highest BCUT2D eigenvalue weighted by Crippen LogP contribution is 2.13. The molecule has 0 fully saturated rings. The topological polar surface area (TPSA) is 26.0 Å². The van der Waals surface area contributed by atoms with Crippen molar-refractivity contribution in [3.63, 3.8) is 0 Å². The van der Waals surface area contributed by atoms with E-state index in [9.17, 15) is 4.39 Å². The van der Waals surface area contributed by atoms with Crippen LogP contribution in [-0.4, -0.2) is 6.54 Å². The second kappa shape index (κ2) is 3.32. The molecule has 0 amide bonds. The van der Waals surface area contributed by atoms with Crippen molar-refractivity contribution in [1.82, 2.24) is 0 Å². The van der Waals surface area contributed by atoms with E-state index in [1.54, 1.807) is 24.3 Å². The SMILES string of the molecule is NC[C@@H](F)c1ccccc1. The van der Waals surface area contributed by atoms with E-state index in [-0.39, 0.29) is 6.54 Å². The minimum Gasteiger partial charge on any atom is -0.327 e. The van der Waals surface area contributed by atoms with E-state index in [1.165, 1.54) is 0 Å². The standard InChI is InChI=1S/C8H10FN/c9-8(6-10)7-4-2-1-3-5-7/h1-5,8H,6,10H2/t8-/m1/s1. The summed E-state index contributed by atoms with van der Waals surface area (Å²) < 4.78 is 12.7. The minimum absolute atomic E-state index is 0.0595. The third-order valence-corrected chi connectivity index (χ3v) is 1.37. The first-order valence-corrected chi connectivity index (χ1v) is 3.23. The van der Waals surface area contributed by atoms with E-state index in [2.05, 4.69) is 0 Å². The molecule has 2 N–H and O–H groups in total. The minimum atomic E-state index is -1.01. The smallest absolute Gasteiger partial charge is 0.137 e. The predicted octanol–water partition coefficient (Wildman–Crippen LogP) is 1.66. The molecule has 0 radical (unpaired) electrons. The summed E-state index contributed by atoms with van der Waals surface area (Å²) >= 11 is 0. The Balaban J connectivity index is 2.75. The van der Waals surface area contributed by atoms with Crippen molar-refractivity contribution in [2.75, 3.05) is 6.54 Å². The molecule has 0 aliphatic rings. The molecule has 0 saturated carbocycles. The Labute approximate surface area is 59.7 Å². The normalized spacial score (nSPS) is 13.0. The highest BCUT2D eigenvalue weighted by Gasteiger charge is 2.03. The van der Waals surface area contributed by atoms with Gasteiger partial charge in [-0.05, 0) is 5.56 Å². The zero-order chi connectivity index (χ0) is 7.40. The molecule has 0 aliphatic carbocycles. The first kappa shape index (κ1) is 7.22. The maximum atomic E-state index is 12.7. The van der Waals surface area contributed by atoms with Crippen LogP contribution >= 0.6 is 0 Å². The van der Waals surface area contributed by atoms with Gasteiger partial charge in [0.05, 0.1) is 0 Å². The van der Waals surface area contributed by atoms with Crippen molar-refractivity contribution in [2.45, 2.75) is 6.17 Å². The van der Waals surface area contributed by atoms with Crippen LogP contribution in [0.1, 0.15) is 11.7 Å². The maximum Gasteiger partial charge on any atom is 0.137 e. The summed E-state index contributed by atoms with van der Waals surface area (Å²) in [4.78, 5) is 0. The van der Waals surface area contributed by atoms with Gasteiger partial charge in [0.1, 0.15) is 6.17 Å². The molecule has 0 aromatic heterocycles. The van der Waals surface area contributed by atoms with Gasteiger partial charge < -0.3 is 5.73 Å². The molecule has 0 aliphatic heterocycles. The third-order valence-electron chi connectivity index (χ3n) is 1.37. The van der Waals surface area contributed by atoms with Crippen LogP contribution in [0.25, 0.3) is 0 Å². The second-order valence-electron chi connectivity index (χ2n) is 2.11. The highest BCUT2D eigenvalue weighted by molar-refractivity contribution is 5.17. The van der Waals surface area contributed by atoms with Gasteiger partial charge in [-0.3, -0.25) is 0 Å². The van der Waals surface area contributed by atoms with Gasteiger partial charge >= 0.3 is 0 Å². The molecular weight excluding hydrogens is 129 g/mol. The van der Waals surface area contributed by atoms with Gasteiger partial charge in [0.25, 0.3) is 0 Å². The average Bonchev–Trinajstić information content (AvgIpc) is 2.05. The molecule has 54 valence electrons. The van der Waals surface area contributed by atoms with Crippen LogP contribution in [0.2, 0.25) is 0 Å². The summed E-state index contributed by atoms with van der Waals surface area (Å²) in [5.41, 5.74) is 5.79. The lowest BCUT2D eigenvalue weighted by molar-refractivity contribution is 0.353. The van der Waals surface area contributed by atoms with Crippen LogP contribution in [0.3, 0.4) is 0 Å². The van der Waals surface area contributed by atoms with Gasteiger partial charge in [-0.15, -0.1) is 0 Å². The quantitative estimate of drug-likeness (QED) is 0.662. The van der Waals surface area contributed by atoms with E-state index < -0.39 is 6.17 Å². The van der Waals surface area contributed by atoms with Gasteiger partial charge in [-0.25, -0.2) is 4.39 Å². The summed E-state index contributed by atoms with van der Waals surface area (Å²) in [7, 11) is 0. The van der Waals surface area contributed by atoms with Gasteiger partial charge in [0.2, 0.25) is 0 Å². The largest absolute Gasteiger partial charge is 0.327 e. The lowest BCUT2D eigenvalue weighted by atomic mass is 10.1. The van der Waals surface area contributed by atoms with E-state index in [1.807, 2.05) is 6.07 Å². The molecule has 1 aromatic carbocycles. The molecule has 1 aromatic rings. The fraction of sp³-hybridized carbons (Fsp3) is 0.250. The molecule has 0 saturated heterocycles. The Hall–Kier alpha value is -0.890. The molecule has 0 unspecified atom stereocenters. The summed E-state index contributed by atoms with van der Waals surface area (Å²) in [6.45, 7) is 0.0595. The molecule has 0 heterocycles. The number of hydrogen-bond acceptors (Lipinski definition) is 1. The predicted molar refractivity (Wildman–Crippen MR) is 39.3 cm³/mol. The van der Waals surface area contributed by atoms with Crippen LogP contribution < -0.4 is 5.73 Å². The Morgan fingerprint density at radius 3 is 2.40 bits per heavy atom. The van der Waals surface area contributed by atoms with Gasteiger partial charge in [0, 0.05) is 6.54 Å². The highest BCUT2D eigenvalue weighted by atomic mass is 19.1. The first-order valence-electron chi connectivity index (χ1n) is 3.23. The summed E-state index contributed by atoms with van der Waals surface area (Å²) in [6, 6.07) is 8.93. The molecule has 1 nitrogen and oxygen atoms in total. The first-order chi connectivity index (χ1) is 4.84.